The van der Waals surface area contributed by atoms with Gasteiger partial charge in [-0.3, -0.25) is 0 Å². The van der Waals surface area contributed by atoms with E-state index in [1.165, 1.54) is 0 Å². The minimum atomic E-state index is -1.16. The van der Waals surface area contributed by atoms with Crippen LogP contribution in [0.1, 0.15) is 29.5 Å². The Morgan fingerprint density at radius 1 is 1.20 bits per heavy atom. The summed E-state index contributed by atoms with van der Waals surface area (Å²) < 4.78 is 14.6. The van der Waals surface area contributed by atoms with Crippen molar-refractivity contribution in [2.75, 3.05) is 13.1 Å². The molecule has 1 unspecified atom stereocenters. The lowest BCUT2D eigenvalue weighted by atomic mass is 9.87. The summed E-state index contributed by atoms with van der Waals surface area (Å²) in [4.78, 5) is 0. The van der Waals surface area contributed by atoms with Gasteiger partial charge in [0.05, 0.1) is 0 Å². The van der Waals surface area contributed by atoms with Gasteiger partial charge in [-0.05, 0) is 38.8 Å². The van der Waals surface area contributed by atoms with E-state index < -0.39 is 5.67 Å². The molecule has 0 aliphatic carbocycles. The summed E-state index contributed by atoms with van der Waals surface area (Å²) in [5.74, 6) is 0. The zero-order chi connectivity index (χ0) is 10.9. The molecular formula is C13H18FN. The lowest BCUT2D eigenvalue weighted by Gasteiger charge is -2.31. The predicted octanol–water partition coefficient (Wildman–Crippen LogP) is 2.85. The zero-order valence-corrected chi connectivity index (χ0v) is 9.44. The lowest BCUT2D eigenvalue weighted by Crippen LogP contribution is -2.40. The van der Waals surface area contributed by atoms with Gasteiger partial charge in [-0.1, -0.05) is 29.3 Å². The van der Waals surface area contributed by atoms with Crippen molar-refractivity contribution in [2.45, 2.75) is 32.4 Å². The maximum Gasteiger partial charge on any atom is 0.148 e. The van der Waals surface area contributed by atoms with Crippen LogP contribution in [-0.2, 0) is 5.67 Å². The number of hydrogen-bond acceptors (Lipinski definition) is 1. The third-order valence-electron chi connectivity index (χ3n) is 3.07. The number of halogens is 1. The quantitative estimate of drug-likeness (QED) is 0.746. The Morgan fingerprint density at radius 2 is 1.87 bits per heavy atom. The van der Waals surface area contributed by atoms with Crippen LogP contribution < -0.4 is 5.32 Å². The summed E-state index contributed by atoms with van der Waals surface area (Å²) in [5.41, 5.74) is 1.97. The van der Waals surface area contributed by atoms with Crippen LogP contribution in [0.15, 0.2) is 18.2 Å². The molecule has 0 saturated carbocycles. The third kappa shape index (κ3) is 2.20. The monoisotopic (exact) mass is 207 g/mol. The Bertz CT molecular complexity index is 333. The molecule has 15 heavy (non-hydrogen) atoms. The van der Waals surface area contributed by atoms with Gasteiger partial charge >= 0.3 is 0 Å². The maximum absolute atomic E-state index is 14.6. The molecule has 0 bridgehead atoms. The van der Waals surface area contributed by atoms with Gasteiger partial charge in [-0.15, -0.1) is 0 Å². The molecule has 1 aromatic carbocycles. The van der Waals surface area contributed by atoms with Crippen molar-refractivity contribution in [3.05, 3.63) is 34.9 Å². The van der Waals surface area contributed by atoms with Gasteiger partial charge in [0, 0.05) is 6.54 Å². The van der Waals surface area contributed by atoms with E-state index in [9.17, 15) is 4.39 Å². The fourth-order valence-electron chi connectivity index (χ4n) is 2.35. The largest absolute Gasteiger partial charge is 0.313 e. The highest BCUT2D eigenvalue weighted by atomic mass is 19.1. The molecule has 2 heteroatoms. The molecule has 1 aliphatic heterocycles. The predicted molar refractivity (Wildman–Crippen MR) is 60.8 cm³/mol. The van der Waals surface area contributed by atoms with Crippen molar-refractivity contribution < 1.29 is 4.39 Å². The average molecular weight is 207 g/mol. The van der Waals surface area contributed by atoms with E-state index in [4.69, 9.17) is 0 Å². The minimum Gasteiger partial charge on any atom is -0.313 e. The Labute approximate surface area is 90.7 Å². The van der Waals surface area contributed by atoms with Gasteiger partial charge < -0.3 is 5.32 Å². The topological polar surface area (TPSA) is 12.0 Å². The normalized spacial score (nSPS) is 26.6. The maximum atomic E-state index is 14.6. The second-order valence-corrected chi connectivity index (χ2v) is 4.62. The first-order valence-electron chi connectivity index (χ1n) is 5.59. The van der Waals surface area contributed by atoms with E-state index in [2.05, 4.69) is 11.4 Å². The first kappa shape index (κ1) is 10.6. The van der Waals surface area contributed by atoms with Gasteiger partial charge in [0.1, 0.15) is 5.67 Å². The number of alkyl halides is 1. The zero-order valence-electron chi connectivity index (χ0n) is 9.44. The van der Waals surface area contributed by atoms with E-state index in [1.807, 2.05) is 26.0 Å². The van der Waals surface area contributed by atoms with Crippen LogP contribution in [0, 0.1) is 13.8 Å². The third-order valence-corrected chi connectivity index (χ3v) is 3.07. The van der Waals surface area contributed by atoms with Crippen LogP contribution in [0.5, 0.6) is 0 Å². The van der Waals surface area contributed by atoms with Crippen molar-refractivity contribution in [3.8, 4) is 0 Å². The fraction of sp³-hybridized carbons (Fsp3) is 0.538. The number of piperidine rings is 1. The Hall–Kier alpha value is -0.890. The van der Waals surface area contributed by atoms with Crippen LogP contribution in [0.3, 0.4) is 0 Å². The van der Waals surface area contributed by atoms with Crippen molar-refractivity contribution in [2.24, 2.45) is 0 Å². The van der Waals surface area contributed by atoms with E-state index >= 15 is 0 Å². The summed E-state index contributed by atoms with van der Waals surface area (Å²) in [5, 5.41) is 3.14. The van der Waals surface area contributed by atoms with Gasteiger partial charge in [-0.2, -0.15) is 0 Å². The molecule has 1 fully saturated rings. The molecule has 82 valence electrons. The Kier molecular flexibility index (Phi) is 2.79. The highest BCUT2D eigenvalue weighted by Gasteiger charge is 2.33. The smallest absolute Gasteiger partial charge is 0.148 e. The Balaban J connectivity index is 2.34. The number of rotatable bonds is 1. The minimum absolute atomic E-state index is 0.454. The molecule has 1 atom stereocenters. The fourth-order valence-corrected chi connectivity index (χ4v) is 2.35. The van der Waals surface area contributed by atoms with Crippen molar-refractivity contribution in [1.29, 1.82) is 0 Å². The lowest BCUT2D eigenvalue weighted by molar-refractivity contribution is 0.122. The van der Waals surface area contributed by atoms with Crippen molar-refractivity contribution in [1.82, 2.24) is 5.32 Å². The molecule has 0 spiro atoms. The van der Waals surface area contributed by atoms with Crippen molar-refractivity contribution in [3.63, 3.8) is 0 Å². The molecule has 0 amide bonds. The van der Waals surface area contributed by atoms with Crippen LogP contribution in [0.4, 0.5) is 4.39 Å². The van der Waals surface area contributed by atoms with E-state index in [0.717, 1.165) is 29.7 Å². The van der Waals surface area contributed by atoms with Crippen LogP contribution in [0.25, 0.3) is 0 Å². The van der Waals surface area contributed by atoms with Crippen LogP contribution in [0.2, 0.25) is 0 Å². The summed E-state index contributed by atoms with van der Waals surface area (Å²) in [7, 11) is 0. The summed E-state index contributed by atoms with van der Waals surface area (Å²) in [6, 6.07) is 6.03. The molecular weight excluding hydrogens is 189 g/mol. The molecule has 1 aromatic rings. The standard InChI is InChI=1S/C13H18FN/c1-10-6-11(2)8-12(7-10)13(14)4-3-5-15-9-13/h6-8,15H,3-5,9H2,1-2H3. The van der Waals surface area contributed by atoms with Gasteiger partial charge in [0.2, 0.25) is 0 Å². The van der Waals surface area contributed by atoms with E-state index in [-0.39, 0.29) is 0 Å². The first-order chi connectivity index (χ1) is 7.10. The average Bonchev–Trinajstić information content (AvgIpc) is 2.17. The molecule has 2 rings (SSSR count). The number of hydrogen-bond donors (Lipinski definition) is 1. The van der Waals surface area contributed by atoms with E-state index in [0.29, 0.717) is 13.0 Å². The van der Waals surface area contributed by atoms with Crippen molar-refractivity contribution >= 4 is 0 Å². The second-order valence-electron chi connectivity index (χ2n) is 4.62. The molecule has 1 saturated heterocycles. The summed E-state index contributed by atoms with van der Waals surface area (Å²) in [6.07, 6.45) is 1.56. The molecule has 1 N–H and O–H groups in total. The summed E-state index contributed by atoms with van der Waals surface area (Å²) in [6.45, 7) is 5.44. The number of benzene rings is 1. The van der Waals surface area contributed by atoms with E-state index in [1.54, 1.807) is 0 Å². The van der Waals surface area contributed by atoms with Gasteiger partial charge in [0.15, 0.2) is 0 Å². The molecule has 1 aliphatic rings. The molecule has 0 radical (unpaired) electrons. The number of nitrogens with one attached hydrogen (secondary N) is 1. The molecule has 1 heterocycles. The molecule has 1 nitrogen and oxygen atoms in total. The first-order valence-corrected chi connectivity index (χ1v) is 5.59. The number of aryl methyl sites for hydroxylation is 2. The SMILES string of the molecule is Cc1cc(C)cc(C2(F)CCCNC2)c1. The second kappa shape index (κ2) is 3.93. The van der Waals surface area contributed by atoms with Crippen LogP contribution >= 0.6 is 0 Å². The van der Waals surface area contributed by atoms with Gasteiger partial charge in [-0.25, -0.2) is 4.39 Å². The summed E-state index contributed by atoms with van der Waals surface area (Å²) >= 11 is 0. The van der Waals surface area contributed by atoms with Crippen LogP contribution in [-0.4, -0.2) is 13.1 Å². The highest BCUT2D eigenvalue weighted by molar-refractivity contribution is 5.33. The highest BCUT2D eigenvalue weighted by Crippen LogP contribution is 2.33. The van der Waals surface area contributed by atoms with Gasteiger partial charge in [0.25, 0.3) is 0 Å². The Morgan fingerprint density at radius 3 is 2.40 bits per heavy atom. The molecule has 0 aromatic heterocycles.